The molecule has 2 rings (SSSR count). The first-order valence-corrected chi connectivity index (χ1v) is 5.87. The zero-order valence-corrected chi connectivity index (χ0v) is 10.8. The van der Waals surface area contributed by atoms with Gasteiger partial charge in [0.2, 0.25) is 0 Å². The fourth-order valence-electron chi connectivity index (χ4n) is 2.16. The molecular weight excluding hydrogens is 254 g/mol. The van der Waals surface area contributed by atoms with E-state index in [1.807, 2.05) is 12.1 Å². The molecule has 0 bridgehead atoms. The molecule has 0 saturated heterocycles. The van der Waals surface area contributed by atoms with Crippen molar-refractivity contribution in [1.29, 1.82) is 0 Å². The van der Waals surface area contributed by atoms with Crippen LogP contribution in [0.3, 0.4) is 0 Å². The first kappa shape index (κ1) is 11.0. The molecule has 1 fully saturated rings. The molecule has 1 saturated carbocycles. The van der Waals surface area contributed by atoms with Crippen molar-refractivity contribution >= 4 is 15.9 Å². The van der Waals surface area contributed by atoms with E-state index in [0.717, 1.165) is 10.2 Å². The summed E-state index contributed by atoms with van der Waals surface area (Å²) >= 11 is 3.57. The highest BCUT2D eigenvalue weighted by molar-refractivity contribution is 9.10. The predicted octanol–water partition coefficient (Wildman–Crippen LogP) is 2.91. The smallest absolute Gasteiger partial charge is 0.120 e. The van der Waals surface area contributed by atoms with Crippen molar-refractivity contribution in [1.82, 2.24) is 0 Å². The molecule has 2 nitrogen and oxygen atoms in total. The molecule has 3 heteroatoms. The lowest BCUT2D eigenvalue weighted by atomic mass is 10.0. The summed E-state index contributed by atoms with van der Waals surface area (Å²) < 4.78 is 6.26. The Morgan fingerprint density at radius 1 is 1.40 bits per heavy atom. The maximum atomic E-state index is 6.06. The van der Waals surface area contributed by atoms with E-state index in [4.69, 9.17) is 10.5 Å². The van der Waals surface area contributed by atoms with E-state index in [2.05, 4.69) is 35.8 Å². The second-order valence-corrected chi connectivity index (χ2v) is 5.57. The van der Waals surface area contributed by atoms with Crippen LogP contribution in [0.15, 0.2) is 22.7 Å². The molecule has 2 N–H and O–H groups in total. The lowest BCUT2D eigenvalue weighted by Gasteiger charge is -2.07. The highest BCUT2D eigenvalue weighted by atomic mass is 79.9. The summed E-state index contributed by atoms with van der Waals surface area (Å²) in [5.41, 5.74) is 7.57. The molecule has 0 aromatic heterocycles. The lowest BCUT2D eigenvalue weighted by Crippen LogP contribution is -2.06. The van der Waals surface area contributed by atoms with Gasteiger partial charge < -0.3 is 10.5 Å². The third-order valence-electron chi connectivity index (χ3n) is 3.45. The van der Waals surface area contributed by atoms with E-state index in [1.165, 1.54) is 5.56 Å². The fourth-order valence-corrected chi connectivity index (χ4v) is 2.76. The summed E-state index contributed by atoms with van der Waals surface area (Å²) in [7, 11) is 1.67. The zero-order valence-electron chi connectivity index (χ0n) is 9.25. The Balaban J connectivity index is 2.32. The molecule has 0 aliphatic heterocycles. The van der Waals surface area contributed by atoms with Crippen LogP contribution in [0.5, 0.6) is 5.75 Å². The molecule has 1 aliphatic rings. The number of hydrogen-bond donors (Lipinski definition) is 1. The maximum absolute atomic E-state index is 6.06. The van der Waals surface area contributed by atoms with Crippen LogP contribution < -0.4 is 10.5 Å². The van der Waals surface area contributed by atoms with Gasteiger partial charge >= 0.3 is 0 Å². The van der Waals surface area contributed by atoms with Crippen molar-refractivity contribution in [3.05, 3.63) is 28.2 Å². The molecule has 0 amide bonds. The largest absolute Gasteiger partial charge is 0.497 e. The molecule has 1 aromatic carbocycles. The normalized spacial score (nSPS) is 27.5. The minimum atomic E-state index is 0.219. The van der Waals surface area contributed by atoms with Gasteiger partial charge in [-0.1, -0.05) is 35.8 Å². The predicted molar refractivity (Wildman–Crippen MR) is 65.2 cm³/mol. The first-order valence-electron chi connectivity index (χ1n) is 5.07. The number of nitrogens with two attached hydrogens (primary N) is 1. The highest BCUT2D eigenvalue weighted by Crippen LogP contribution is 2.58. The third-order valence-corrected chi connectivity index (χ3v) is 4.14. The van der Waals surface area contributed by atoms with E-state index in [-0.39, 0.29) is 11.5 Å². The Bertz CT molecular complexity index is 389. The second kappa shape index (κ2) is 3.49. The average molecular weight is 270 g/mol. The maximum Gasteiger partial charge on any atom is 0.120 e. The van der Waals surface area contributed by atoms with Crippen LogP contribution in [-0.4, -0.2) is 13.2 Å². The van der Waals surface area contributed by atoms with Gasteiger partial charge in [0, 0.05) is 16.4 Å². The van der Waals surface area contributed by atoms with Gasteiger partial charge in [0.15, 0.2) is 0 Å². The second-order valence-electron chi connectivity index (χ2n) is 4.71. The van der Waals surface area contributed by atoms with Gasteiger partial charge in [0.05, 0.1) is 7.11 Å². The summed E-state index contributed by atoms with van der Waals surface area (Å²) in [5.74, 6) is 1.33. The van der Waals surface area contributed by atoms with Crippen LogP contribution in [0, 0.1) is 5.41 Å². The van der Waals surface area contributed by atoms with E-state index in [0.29, 0.717) is 5.92 Å². The Morgan fingerprint density at radius 3 is 2.40 bits per heavy atom. The van der Waals surface area contributed by atoms with E-state index in [1.54, 1.807) is 7.11 Å². The Labute approximate surface area is 98.9 Å². The standard InChI is InChI=1S/C12H16BrNO/c1-12(2)10(11(12)14)8-5-4-7(15-3)6-9(8)13/h4-6,10-11H,14H2,1-3H3. The Morgan fingerprint density at radius 2 is 2.00 bits per heavy atom. The minimum Gasteiger partial charge on any atom is -0.497 e. The third kappa shape index (κ3) is 1.68. The molecule has 1 aromatic rings. The number of methoxy groups -OCH3 is 1. The first-order chi connectivity index (χ1) is 6.98. The monoisotopic (exact) mass is 269 g/mol. The van der Waals surface area contributed by atoms with Gasteiger partial charge in [-0.05, 0) is 23.1 Å². The molecule has 0 radical (unpaired) electrons. The summed E-state index contributed by atoms with van der Waals surface area (Å²) in [6.07, 6.45) is 0. The average Bonchev–Trinajstić information content (AvgIpc) is 2.67. The van der Waals surface area contributed by atoms with Crippen LogP contribution in [0.4, 0.5) is 0 Å². The quantitative estimate of drug-likeness (QED) is 0.896. The van der Waals surface area contributed by atoms with Crippen molar-refractivity contribution < 1.29 is 4.74 Å². The Kier molecular flexibility index (Phi) is 2.55. The summed E-state index contributed by atoms with van der Waals surface area (Å²) in [4.78, 5) is 0. The van der Waals surface area contributed by atoms with E-state index in [9.17, 15) is 0 Å². The van der Waals surface area contributed by atoms with Crippen LogP contribution in [-0.2, 0) is 0 Å². The molecule has 15 heavy (non-hydrogen) atoms. The number of rotatable bonds is 2. The van der Waals surface area contributed by atoms with Gasteiger partial charge in [-0.15, -0.1) is 0 Å². The van der Waals surface area contributed by atoms with Gasteiger partial charge in [-0.2, -0.15) is 0 Å². The van der Waals surface area contributed by atoms with E-state index >= 15 is 0 Å². The number of ether oxygens (including phenoxy) is 1. The van der Waals surface area contributed by atoms with Crippen molar-refractivity contribution in [3.8, 4) is 5.75 Å². The molecular formula is C12H16BrNO. The SMILES string of the molecule is COc1ccc(C2C(N)C2(C)C)c(Br)c1. The number of hydrogen-bond acceptors (Lipinski definition) is 2. The molecule has 0 heterocycles. The number of halogens is 1. The topological polar surface area (TPSA) is 35.2 Å². The molecule has 1 aliphatic carbocycles. The molecule has 0 spiro atoms. The lowest BCUT2D eigenvalue weighted by molar-refractivity contribution is 0.414. The fraction of sp³-hybridized carbons (Fsp3) is 0.500. The van der Waals surface area contributed by atoms with Crippen LogP contribution in [0.2, 0.25) is 0 Å². The van der Waals surface area contributed by atoms with Crippen molar-refractivity contribution in [2.24, 2.45) is 11.1 Å². The van der Waals surface area contributed by atoms with Crippen molar-refractivity contribution in [2.45, 2.75) is 25.8 Å². The van der Waals surface area contributed by atoms with Gasteiger partial charge in [0.1, 0.15) is 5.75 Å². The summed E-state index contributed by atoms with van der Waals surface area (Å²) in [5, 5.41) is 0. The van der Waals surface area contributed by atoms with Gasteiger partial charge in [0.25, 0.3) is 0 Å². The summed E-state index contributed by atoms with van der Waals surface area (Å²) in [6, 6.07) is 6.35. The Hall–Kier alpha value is -0.540. The molecule has 82 valence electrons. The molecule has 2 atom stereocenters. The van der Waals surface area contributed by atoms with E-state index < -0.39 is 0 Å². The van der Waals surface area contributed by atoms with Gasteiger partial charge in [-0.3, -0.25) is 0 Å². The van der Waals surface area contributed by atoms with Gasteiger partial charge in [-0.25, -0.2) is 0 Å². The van der Waals surface area contributed by atoms with Crippen LogP contribution in [0.25, 0.3) is 0 Å². The summed E-state index contributed by atoms with van der Waals surface area (Å²) in [6.45, 7) is 4.41. The van der Waals surface area contributed by atoms with Crippen LogP contribution in [0.1, 0.15) is 25.3 Å². The van der Waals surface area contributed by atoms with Crippen molar-refractivity contribution in [2.75, 3.05) is 7.11 Å². The van der Waals surface area contributed by atoms with Crippen LogP contribution >= 0.6 is 15.9 Å². The molecule has 2 unspecified atom stereocenters. The highest BCUT2D eigenvalue weighted by Gasteiger charge is 2.56. The van der Waals surface area contributed by atoms with Crippen molar-refractivity contribution in [3.63, 3.8) is 0 Å². The minimum absolute atomic E-state index is 0.219. The zero-order chi connectivity index (χ0) is 11.2. The number of benzene rings is 1.